The Morgan fingerprint density at radius 1 is 1.00 bits per heavy atom. The summed E-state index contributed by atoms with van der Waals surface area (Å²) < 4.78 is 15.9. The lowest BCUT2D eigenvalue weighted by atomic mass is 10.1. The van der Waals surface area contributed by atoms with Crippen molar-refractivity contribution in [3.05, 3.63) is 48.0 Å². The van der Waals surface area contributed by atoms with Gasteiger partial charge in [-0.15, -0.1) is 0 Å². The zero-order valence-electron chi connectivity index (χ0n) is 17.4. The number of carbonyl (C=O) groups excluding carboxylic acids is 2. The summed E-state index contributed by atoms with van der Waals surface area (Å²) in [7, 11) is 4.62. The van der Waals surface area contributed by atoms with Gasteiger partial charge in [-0.2, -0.15) is 0 Å². The second-order valence-electron chi connectivity index (χ2n) is 6.83. The number of nitrogens with zero attached hydrogens (tertiary/aromatic N) is 1. The summed E-state index contributed by atoms with van der Waals surface area (Å²) >= 11 is 0. The topological polar surface area (TPSA) is 77.1 Å². The Morgan fingerprint density at radius 3 is 2.23 bits per heavy atom. The van der Waals surface area contributed by atoms with Gasteiger partial charge in [0.15, 0.2) is 11.5 Å². The summed E-state index contributed by atoms with van der Waals surface area (Å²) in [6.45, 7) is 0.738. The molecule has 0 bridgehead atoms. The minimum absolute atomic E-state index is 0.145. The molecule has 0 aromatic heterocycles. The molecule has 1 aliphatic rings. The van der Waals surface area contributed by atoms with Crippen LogP contribution in [0.5, 0.6) is 17.2 Å². The first-order valence-corrected chi connectivity index (χ1v) is 9.75. The predicted molar refractivity (Wildman–Crippen MR) is 116 cm³/mol. The van der Waals surface area contributed by atoms with Crippen molar-refractivity contribution in [3.63, 3.8) is 0 Å². The molecular weight excluding hydrogens is 384 g/mol. The van der Waals surface area contributed by atoms with Gasteiger partial charge in [0.1, 0.15) is 0 Å². The van der Waals surface area contributed by atoms with Gasteiger partial charge < -0.3 is 24.4 Å². The number of hydrogen-bond donors (Lipinski definition) is 1. The van der Waals surface area contributed by atoms with Crippen LogP contribution in [0.15, 0.2) is 42.5 Å². The molecule has 7 nitrogen and oxygen atoms in total. The molecule has 1 N–H and O–H groups in total. The third-order valence-corrected chi connectivity index (χ3v) is 4.88. The Labute approximate surface area is 176 Å². The number of amides is 2. The maximum atomic E-state index is 12.3. The minimum atomic E-state index is -0.273. The van der Waals surface area contributed by atoms with Crippen molar-refractivity contribution in [1.82, 2.24) is 0 Å². The Balaban J connectivity index is 1.67. The number of benzene rings is 2. The minimum Gasteiger partial charge on any atom is -0.493 e. The van der Waals surface area contributed by atoms with Crippen LogP contribution in [0.2, 0.25) is 0 Å². The molecule has 1 heterocycles. The van der Waals surface area contributed by atoms with Gasteiger partial charge in [0, 0.05) is 30.4 Å². The van der Waals surface area contributed by atoms with Gasteiger partial charge in [-0.25, -0.2) is 0 Å². The smallest absolute Gasteiger partial charge is 0.248 e. The molecule has 2 amide bonds. The zero-order valence-corrected chi connectivity index (χ0v) is 17.4. The van der Waals surface area contributed by atoms with Crippen LogP contribution in [0.4, 0.5) is 11.4 Å². The Hall–Kier alpha value is -3.48. The van der Waals surface area contributed by atoms with Crippen molar-refractivity contribution in [3.8, 4) is 17.2 Å². The largest absolute Gasteiger partial charge is 0.493 e. The Morgan fingerprint density at radius 2 is 1.67 bits per heavy atom. The summed E-state index contributed by atoms with van der Waals surface area (Å²) in [6, 6.07) is 10.8. The van der Waals surface area contributed by atoms with Crippen LogP contribution in [0.1, 0.15) is 24.8 Å². The molecule has 0 saturated carbocycles. The van der Waals surface area contributed by atoms with Crippen molar-refractivity contribution in [2.45, 2.75) is 19.3 Å². The lowest BCUT2D eigenvalue weighted by Gasteiger charge is -2.26. The molecule has 1 saturated heterocycles. The van der Waals surface area contributed by atoms with E-state index in [0.29, 0.717) is 29.4 Å². The van der Waals surface area contributed by atoms with E-state index < -0.39 is 0 Å². The molecule has 0 unspecified atom stereocenters. The van der Waals surface area contributed by atoms with Crippen LogP contribution in [0.3, 0.4) is 0 Å². The number of methoxy groups -OCH3 is 3. The quantitative estimate of drug-likeness (QED) is 0.701. The standard InChI is InChI=1S/C23H26N2O5/c1-28-19-14-16(15-20(29-2)23(19)30-3)7-12-21(26)24-17-8-10-18(11-9-17)25-13-5-4-6-22(25)27/h7-12,14-15H,4-6,13H2,1-3H3,(H,24,26)/b12-7+. The van der Waals surface area contributed by atoms with Gasteiger partial charge in [0.2, 0.25) is 17.6 Å². The first-order valence-electron chi connectivity index (χ1n) is 9.75. The summed E-state index contributed by atoms with van der Waals surface area (Å²) in [6.07, 6.45) is 5.64. The number of ether oxygens (including phenoxy) is 3. The predicted octanol–water partition coefficient (Wildman–Crippen LogP) is 3.88. The summed E-state index contributed by atoms with van der Waals surface area (Å²) in [5.74, 6) is 1.39. The van der Waals surface area contributed by atoms with E-state index in [1.165, 1.54) is 13.2 Å². The van der Waals surface area contributed by atoms with Crippen molar-refractivity contribution < 1.29 is 23.8 Å². The summed E-state index contributed by atoms with van der Waals surface area (Å²) in [5.41, 5.74) is 2.24. The van der Waals surface area contributed by atoms with Crippen LogP contribution in [-0.2, 0) is 9.59 Å². The number of nitrogens with one attached hydrogen (secondary N) is 1. The van der Waals surface area contributed by atoms with E-state index in [0.717, 1.165) is 30.6 Å². The third kappa shape index (κ3) is 4.92. The van der Waals surface area contributed by atoms with Gasteiger partial charge in [0.05, 0.1) is 21.3 Å². The number of piperidine rings is 1. The van der Waals surface area contributed by atoms with Gasteiger partial charge >= 0.3 is 0 Å². The fourth-order valence-electron chi connectivity index (χ4n) is 3.36. The van der Waals surface area contributed by atoms with Crippen molar-refractivity contribution in [2.24, 2.45) is 0 Å². The van der Waals surface area contributed by atoms with Crippen LogP contribution >= 0.6 is 0 Å². The molecule has 3 rings (SSSR count). The lowest BCUT2D eigenvalue weighted by Crippen LogP contribution is -2.35. The third-order valence-electron chi connectivity index (χ3n) is 4.88. The molecule has 7 heteroatoms. The number of rotatable bonds is 7. The Kier molecular flexibility index (Phi) is 6.95. The van der Waals surface area contributed by atoms with E-state index in [1.807, 2.05) is 12.1 Å². The molecule has 0 aliphatic carbocycles. The molecule has 2 aromatic rings. The summed E-state index contributed by atoms with van der Waals surface area (Å²) in [4.78, 5) is 26.1. The normalized spacial score (nSPS) is 14.0. The number of carbonyl (C=O) groups is 2. The van der Waals surface area contributed by atoms with Crippen molar-refractivity contribution >= 4 is 29.3 Å². The number of anilines is 2. The van der Waals surface area contributed by atoms with E-state index in [9.17, 15) is 9.59 Å². The maximum Gasteiger partial charge on any atom is 0.248 e. The van der Waals surface area contributed by atoms with Crippen LogP contribution in [0.25, 0.3) is 6.08 Å². The van der Waals surface area contributed by atoms with Crippen molar-refractivity contribution in [2.75, 3.05) is 38.1 Å². The number of hydrogen-bond acceptors (Lipinski definition) is 5. The molecule has 30 heavy (non-hydrogen) atoms. The van der Waals surface area contributed by atoms with Crippen molar-refractivity contribution in [1.29, 1.82) is 0 Å². The van der Waals surface area contributed by atoms with Gasteiger partial charge in [-0.1, -0.05) is 0 Å². The first-order chi connectivity index (χ1) is 14.5. The second kappa shape index (κ2) is 9.82. The SMILES string of the molecule is COc1cc(/C=C/C(=O)Nc2ccc(N3CCCCC3=O)cc2)cc(OC)c1OC. The van der Waals surface area contributed by atoms with E-state index >= 15 is 0 Å². The lowest BCUT2D eigenvalue weighted by molar-refractivity contribution is -0.119. The zero-order chi connectivity index (χ0) is 21.5. The van der Waals surface area contributed by atoms with E-state index in [-0.39, 0.29) is 11.8 Å². The highest BCUT2D eigenvalue weighted by molar-refractivity contribution is 6.02. The molecule has 0 spiro atoms. The highest BCUT2D eigenvalue weighted by Crippen LogP contribution is 2.38. The maximum absolute atomic E-state index is 12.3. The van der Waals surface area contributed by atoms with Crippen LogP contribution in [0, 0.1) is 0 Å². The fourth-order valence-corrected chi connectivity index (χ4v) is 3.36. The van der Waals surface area contributed by atoms with E-state index in [4.69, 9.17) is 14.2 Å². The van der Waals surface area contributed by atoms with E-state index in [2.05, 4.69) is 5.32 Å². The molecule has 0 atom stereocenters. The van der Waals surface area contributed by atoms with Crippen LogP contribution < -0.4 is 24.4 Å². The monoisotopic (exact) mass is 410 g/mol. The van der Waals surface area contributed by atoms with Gasteiger partial charge in [-0.05, 0) is 60.9 Å². The summed E-state index contributed by atoms with van der Waals surface area (Å²) in [5, 5.41) is 2.82. The average molecular weight is 410 g/mol. The molecule has 2 aromatic carbocycles. The highest BCUT2D eigenvalue weighted by atomic mass is 16.5. The second-order valence-corrected chi connectivity index (χ2v) is 6.83. The molecular formula is C23H26N2O5. The fraction of sp³-hybridized carbons (Fsp3) is 0.304. The van der Waals surface area contributed by atoms with E-state index in [1.54, 1.807) is 49.5 Å². The van der Waals surface area contributed by atoms with Crippen LogP contribution in [-0.4, -0.2) is 39.7 Å². The molecule has 158 valence electrons. The average Bonchev–Trinajstić information content (AvgIpc) is 2.77. The van der Waals surface area contributed by atoms with Gasteiger partial charge in [0.25, 0.3) is 0 Å². The first kappa shape index (κ1) is 21.2. The Bertz CT molecular complexity index is 912. The molecule has 1 aliphatic heterocycles. The van der Waals surface area contributed by atoms with Gasteiger partial charge in [-0.3, -0.25) is 9.59 Å². The molecule has 0 radical (unpaired) electrons. The highest BCUT2D eigenvalue weighted by Gasteiger charge is 2.19. The molecule has 1 fully saturated rings.